The molecule has 1 heterocycles. The van der Waals surface area contributed by atoms with E-state index in [1.807, 2.05) is 0 Å². The third-order valence-electron chi connectivity index (χ3n) is 3.38. The van der Waals surface area contributed by atoms with Crippen molar-refractivity contribution in [3.63, 3.8) is 0 Å². The smallest absolute Gasteiger partial charge is 0.143 e. The molecule has 0 radical (unpaired) electrons. The number of para-hydroxylation sites is 1. The SMILES string of the molecule is c1cc2c(c(OC3CCC3)c1)NCCC2. The van der Waals surface area contributed by atoms with Crippen LogP contribution in [0.3, 0.4) is 0 Å². The van der Waals surface area contributed by atoms with Crippen molar-refractivity contribution in [3.05, 3.63) is 23.8 Å². The molecule has 2 heteroatoms. The summed E-state index contributed by atoms with van der Waals surface area (Å²) in [7, 11) is 0. The van der Waals surface area contributed by atoms with Gasteiger partial charge in [0.05, 0.1) is 11.8 Å². The molecule has 0 aromatic heterocycles. The molecule has 2 nitrogen and oxygen atoms in total. The quantitative estimate of drug-likeness (QED) is 0.797. The van der Waals surface area contributed by atoms with Gasteiger partial charge in [0.25, 0.3) is 0 Å². The highest BCUT2D eigenvalue weighted by Crippen LogP contribution is 2.35. The van der Waals surface area contributed by atoms with Gasteiger partial charge in [0.1, 0.15) is 5.75 Å². The van der Waals surface area contributed by atoms with Gasteiger partial charge in [-0.2, -0.15) is 0 Å². The Morgan fingerprint density at radius 2 is 2.13 bits per heavy atom. The minimum atomic E-state index is 0.472. The number of hydrogen-bond donors (Lipinski definition) is 1. The molecule has 80 valence electrons. The fraction of sp³-hybridized carbons (Fsp3) is 0.538. The second-order valence-electron chi connectivity index (χ2n) is 4.49. The summed E-state index contributed by atoms with van der Waals surface area (Å²) in [6.07, 6.45) is 6.67. The van der Waals surface area contributed by atoms with Gasteiger partial charge in [0.15, 0.2) is 0 Å². The zero-order chi connectivity index (χ0) is 10.1. The van der Waals surface area contributed by atoms with Crippen LogP contribution in [0, 0.1) is 0 Å². The summed E-state index contributed by atoms with van der Waals surface area (Å²) in [4.78, 5) is 0. The van der Waals surface area contributed by atoms with E-state index >= 15 is 0 Å². The van der Waals surface area contributed by atoms with E-state index in [0.29, 0.717) is 6.10 Å². The Morgan fingerprint density at radius 1 is 1.20 bits per heavy atom. The van der Waals surface area contributed by atoms with Crippen molar-refractivity contribution in [1.29, 1.82) is 0 Å². The predicted octanol–water partition coefficient (Wildman–Crippen LogP) is 2.98. The number of hydrogen-bond acceptors (Lipinski definition) is 2. The summed E-state index contributed by atoms with van der Waals surface area (Å²) in [6.45, 7) is 1.08. The molecule has 2 aliphatic rings. The molecule has 1 aromatic carbocycles. The van der Waals surface area contributed by atoms with E-state index in [1.165, 1.54) is 43.4 Å². The summed E-state index contributed by atoms with van der Waals surface area (Å²) in [6, 6.07) is 6.41. The molecule has 1 aliphatic heterocycles. The first-order chi connectivity index (χ1) is 7.43. The van der Waals surface area contributed by atoms with Crippen LogP contribution in [-0.2, 0) is 6.42 Å². The largest absolute Gasteiger partial charge is 0.488 e. The Balaban J connectivity index is 1.85. The monoisotopic (exact) mass is 203 g/mol. The maximum Gasteiger partial charge on any atom is 0.143 e. The molecule has 0 unspecified atom stereocenters. The summed E-state index contributed by atoms with van der Waals surface area (Å²) < 4.78 is 5.99. The van der Waals surface area contributed by atoms with Crippen LogP contribution in [0.2, 0.25) is 0 Å². The number of nitrogens with one attached hydrogen (secondary N) is 1. The first-order valence-corrected chi connectivity index (χ1v) is 5.96. The van der Waals surface area contributed by atoms with Crippen molar-refractivity contribution < 1.29 is 4.74 Å². The lowest BCUT2D eigenvalue weighted by molar-refractivity contribution is 0.121. The molecule has 3 rings (SSSR count). The van der Waals surface area contributed by atoms with Gasteiger partial charge in [-0.1, -0.05) is 12.1 Å². The summed E-state index contributed by atoms with van der Waals surface area (Å²) in [5.74, 6) is 1.07. The van der Waals surface area contributed by atoms with Gasteiger partial charge in [-0.15, -0.1) is 0 Å². The highest BCUT2D eigenvalue weighted by molar-refractivity contribution is 5.63. The highest BCUT2D eigenvalue weighted by atomic mass is 16.5. The molecule has 1 fully saturated rings. The lowest BCUT2D eigenvalue weighted by atomic mass is 9.96. The van der Waals surface area contributed by atoms with Crippen molar-refractivity contribution in [1.82, 2.24) is 0 Å². The Bertz CT molecular complexity index is 358. The van der Waals surface area contributed by atoms with Gasteiger partial charge >= 0.3 is 0 Å². The number of anilines is 1. The Labute approximate surface area is 90.6 Å². The molecule has 0 amide bonds. The average molecular weight is 203 g/mol. The Hall–Kier alpha value is -1.18. The van der Waals surface area contributed by atoms with E-state index in [-0.39, 0.29) is 0 Å². The van der Waals surface area contributed by atoms with E-state index in [9.17, 15) is 0 Å². The molecular formula is C13H17NO. The van der Waals surface area contributed by atoms with E-state index in [2.05, 4.69) is 23.5 Å². The molecule has 15 heavy (non-hydrogen) atoms. The number of benzene rings is 1. The molecule has 0 atom stereocenters. The molecule has 0 bridgehead atoms. The fourth-order valence-electron chi connectivity index (χ4n) is 2.24. The molecule has 1 N–H and O–H groups in total. The summed E-state index contributed by atoms with van der Waals surface area (Å²) in [5.41, 5.74) is 2.66. The van der Waals surface area contributed by atoms with Gasteiger partial charge in [-0.05, 0) is 43.7 Å². The van der Waals surface area contributed by atoms with Crippen LogP contribution < -0.4 is 10.1 Å². The normalized spacial score (nSPS) is 20.0. The maximum absolute atomic E-state index is 5.99. The zero-order valence-corrected chi connectivity index (χ0v) is 8.96. The maximum atomic E-state index is 5.99. The van der Waals surface area contributed by atoms with Crippen LogP contribution in [-0.4, -0.2) is 12.6 Å². The molecular weight excluding hydrogens is 186 g/mol. The van der Waals surface area contributed by atoms with Crippen LogP contribution in [0.5, 0.6) is 5.75 Å². The molecule has 1 saturated carbocycles. The summed E-state index contributed by atoms with van der Waals surface area (Å²) in [5, 5.41) is 3.46. The van der Waals surface area contributed by atoms with Gasteiger partial charge in [0.2, 0.25) is 0 Å². The van der Waals surface area contributed by atoms with Crippen LogP contribution in [0.15, 0.2) is 18.2 Å². The summed E-state index contributed by atoms with van der Waals surface area (Å²) >= 11 is 0. The third kappa shape index (κ3) is 1.69. The van der Waals surface area contributed by atoms with Crippen molar-refractivity contribution in [2.45, 2.75) is 38.2 Å². The molecule has 1 aromatic rings. The minimum absolute atomic E-state index is 0.472. The van der Waals surface area contributed by atoms with Crippen LogP contribution in [0.4, 0.5) is 5.69 Å². The standard InChI is InChI=1S/C13H17NO/c1-4-10-5-3-9-14-13(10)12(8-1)15-11-6-2-7-11/h1,4,8,11,14H,2-3,5-7,9H2. The van der Waals surface area contributed by atoms with E-state index in [4.69, 9.17) is 4.74 Å². The first-order valence-electron chi connectivity index (χ1n) is 5.96. The minimum Gasteiger partial charge on any atom is -0.488 e. The number of aryl methyl sites for hydroxylation is 1. The number of rotatable bonds is 2. The topological polar surface area (TPSA) is 21.3 Å². The second kappa shape index (κ2) is 3.76. The molecule has 1 aliphatic carbocycles. The number of fused-ring (bicyclic) bond motifs is 1. The first kappa shape index (κ1) is 9.08. The van der Waals surface area contributed by atoms with E-state index in [0.717, 1.165) is 12.3 Å². The molecule has 0 spiro atoms. The predicted molar refractivity (Wildman–Crippen MR) is 61.5 cm³/mol. The lowest BCUT2D eigenvalue weighted by Gasteiger charge is -2.29. The van der Waals surface area contributed by atoms with Crippen molar-refractivity contribution in [2.24, 2.45) is 0 Å². The Morgan fingerprint density at radius 3 is 2.93 bits per heavy atom. The van der Waals surface area contributed by atoms with Crippen LogP contribution in [0.25, 0.3) is 0 Å². The Kier molecular flexibility index (Phi) is 2.28. The van der Waals surface area contributed by atoms with Crippen molar-refractivity contribution in [3.8, 4) is 5.75 Å². The number of ether oxygens (including phenoxy) is 1. The van der Waals surface area contributed by atoms with Crippen molar-refractivity contribution >= 4 is 5.69 Å². The van der Waals surface area contributed by atoms with Gasteiger partial charge in [-0.25, -0.2) is 0 Å². The fourth-order valence-corrected chi connectivity index (χ4v) is 2.24. The van der Waals surface area contributed by atoms with Crippen LogP contribution in [0.1, 0.15) is 31.2 Å². The zero-order valence-electron chi connectivity index (χ0n) is 8.96. The van der Waals surface area contributed by atoms with E-state index < -0.39 is 0 Å². The van der Waals surface area contributed by atoms with Gasteiger partial charge in [-0.3, -0.25) is 0 Å². The van der Waals surface area contributed by atoms with E-state index in [1.54, 1.807) is 0 Å². The highest BCUT2D eigenvalue weighted by Gasteiger charge is 2.21. The van der Waals surface area contributed by atoms with Gasteiger partial charge < -0.3 is 10.1 Å². The second-order valence-corrected chi connectivity index (χ2v) is 4.49. The van der Waals surface area contributed by atoms with Crippen molar-refractivity contribution in [2.75, 3.05) is 11.9 Å². The average Bonchev–Trinajstić information content (AvgIpc) is 2.23. The van der Waals surface area contributed by atoms with Gasteiger partial charge in [0, 0.05) is 6.54 Å². The lowest BCUT2D eigenvalue weighted by Crippen LogP contribution is -2.25. The van der Waals surface area contributed by atoms with Crippen LogP contribution >= 0.6 is 0 Å². The third-order valence-corrected chi connectivity index (χ3v) is 3.38. The molecule has 0 saturated heterocycles.